The number of halogens is 2. The molecule has 3 aliphatic heterocycles. The number of nitrogens with one attached hydrogen (secondary N) is 1. The quantitative estimate of drug-likeness (QED) is 0.817. The zero-order valence-corrected chi connectivity index (χ0v) is 15.2. The molecule has 3 saturated heterocycles. The van der Waals surface area contributed by atoms with Crippen LogP contribution in [0.1, 0.15) is 19.3 Å². The van der Waals surface area contributed by atoms with Crippen LogP contribution >= 0.6 is 24.8 Å². The van der Waals surface area contributed by atoms with E-state index in [-0.39, 0.29) is 24.8 Å². The van der Waals surface area contributed by atoms with Gasteiger partial charge < -0.3 is 19.7 Å². The summed E-state index contributed by atoms with van der Waals surface area (Å²) in [5.41, 5.74) is 0.410. The summed E-state index contributed by atoms with van der Waals surface area (Å²) in [7, 11) is 2.31. The molecule has 5 nitrogen and oxygen atoms in total. The molecule has 3 heterocycles. The van der Waals surface area contributed by atoms with E-state index in [9.17, 15) is 0 Å². The van der Waals surface area contributed by atoms with Crippen LogP contribution in [0.2, 0.25) is 0 Å². The van der Waals surface area contributed by atoms with Crippen LogP contribution in [-0.4, -0.2) is 87.6 Å². The number of rotatable bonds is 3. The van der Waals surface area contributed by atoms with Crippen LogP contribution in [0.15, 0.2) is 0 Å². The van der Waals surface area contributed by atoms with Crippen LogP contribution in [0.5, 0.6) is 0 Å². The molecule has 0 aromatic carbocycles. The Morgan fingerprint density at radius 2 is 1.91 bits per heavy atom. The first-order chi connectivity index (χ1) is 9.78. The predicted octanol–water partition coefficient (Wildman–Crippen LogP) is 1.01. The van der Waals surface area contributed by atoms with Crippen LogP contribution in [0.25, 0.3) is 0 Å². The third kappa shape index (κ3) is 4.94. The molecular formula is C15H31Cl2N3O2. The second-order valence-electron chi connectivity index (χ2n) is 6.53. The topological polar surface area (TPSA) is 37.0 Å². The van der Waals surface area contributed by atoms with Crippen molar-refractivity contribution < 1.29 is 9.47 Å². The van der Waals surface area contributed by atoms with Gasteiger partial charge in [-0.25, -0.2) is 0 Å². The maximum Gasteiger partial charge on any atom is 0.0821 e. The Labute approximate surface area is 146 Å². The highest BCUT2D eigenvalue weighted by molar-refractivity contribution is 5.85. The van der Waals surface area contributed by atoms with E-state index in [0.29, 0.717) is 11.6 Å². The first-order valence-corrected chi connectivity index (χ1v) is 8.12. The first kappa shape index (κ1) is 20.4. The fourth-order valence-electron chi connectivity index (χ4n) is 3.80. The smallest absolute Gasteiger partial charge is 0.0821 e. The third-order valence-corrected chi connectivity index (χ3v) is 5.27. The van der Waals surface area contributed by atoms with Crippen molar-refractivity contribution in [2.24, 2.45) is 0 Å². The molecule has 0 amide bonds. The standard InChI is InChI=1S/C15H29N3O2.2ClH/c1-17-8-9-18(7-2-14-12-19-10-11-20-14)13-15(17)3-5-16-6-4-15;;/h14,16H,2-13H2,1H3;2*1H. The number of nitrogens with zero attached hydrogens (tertiary/aromatic N) is 2. The molecule has 0 aromatic heterocycles. The molecule has 7 heteroatoms. The summed E-state index contributed by atoms with van der Waals surface area (Å²) < 4.78 is 11.2. The van der Waals surface area contributed by atoms with Gasteiger partial charge in [0.2, 0.25) is 0 Å². The van der Waals surface area contributed by atoms with Gasteiger partial charge in [-0.2, -0.15) is 0 Å². The second-order valence-corrected chi connectivity index (χ2v) is 6.53. The van der Waals surface area contributed by atoms with Crippen LogP contribution in [0, 0.1) is 0 Å². The lowest BCUT2D eigenvalue weighted by molar-refractivity contribution is -0.0955. The summed E-state index contributed by atoms with van der Waals surface area (Å²) >= 11 is 0. The lowest BCUT2D eigenvalue weighted by atomic mass is 9.84. The molecule has 1 spiro atoms. The van der Waals surface area contributed by atoms with Crippen LogP contribution < -0.4 is 5.32 Å². The van der Waals surface area contributed by atoms with Gasteiger partial charge in [-0.3, -0.25) is 4.90 Å². The van der Waals surface area contributed by atoms with Gasteiger partial charge in [0.25, 0.3) is 0 Å². The number of piperidine rings is 1. The zero-order valence-electron chi connectivity index (χ0n) is 13.6. The zero-order chi connectivity index (χ0) is 13.8. The Balaban J connectivity index is 0.00000121. The molecule has 0 aromatic rings. The molecule has 0 bridgehead atoms. The summed E-state index contributed by atoms with van der Waals surface area (Å²) in [4.78, 5) is 5.24. The van der Waals surface area contributed by atoms with Gasteiger partial charge in [-0.1, -0.05) is 0 Å². The number of hydrogen-bond donors (Lipinski definition) is 1. The summed E-state index contributed by atoms with van der Waals surface area (Å²) in [6.07, 6.45) is 3.98. The van der Waals surface area contributed by atoms with Gasteiger partial charge in [-0.05, 0) is 39.4 Å². The molecule has 3 rings (SSSR count). The highest BCUT2D eigenvalue weighted by Gasteiger charge is 2.40. The first-order valence-electron chi connectivity index (χ1n) is 8.12. The van der Waals surface area contributed by atoms with E-state index in [4.69, 9.17) is 9.47 Å². The third-order valence-electron chi connectivity index (χ3n) is 5.27. The van der Waals surface area contributed by atoms with Gasteiger partial charge in [0.15, 0.2) is 0 Å². The highest BCUT2D eigenvalue weighted by atomic mass is 35.5. The molecule has 22 heavy (non-hydrogen) atoms. The normalized spacial score (nSPS) is 29.6. The summed E-state index contributed by atoms with van der Waals surface area (Å²) in [5.74, 6) is 0. The maximum absolute atomic E-state index is 5.76. The highest BCUT2D eigenvalue weighted by Crippen LogP contribution is 2.29. The number of ether oxygens (including phenoxy) is 2. The Bertz CT molecular complexity index is 311. The average molecular weight is 356 g/mol. The van der Waals surface area contributed by atoms with Crippen molar-refractivity contribution in [3.63, 3.8) is 0 Å². The minimum atomic E-state index is 0. The van der Waals surface area contributed by atoms with E-state index in [1.165, 1.54) is 32.5 Å². The monoisotopic (exact) mass is 355 g/mol. The van der Waals surface area contributed by atoms with Crippen molar-refractivity contribution in [2.45, 2.75) is 30.9 Å². The molecule has 0 radical (unpaired) electrons. The SMILES string of the molecule is CN1CCN(CCC2COCCO2)CC12CCNCC2.Cl.Cl. The minimum absolute atomic E-state index is 0. The fourth-order valence-corrected chi connectivity index (χ4v) is 3.80. The molecule has 1 unspecified atom stereocenters. The Kier molecular flexibility index (Phi) is 8.93. The maximum atomic E-state index is 5.76. The summed E-state index contributed by atoms with van der Waals surface area (Å²) in [6, 6.07) is 0. The fraction of sp³-hybridized carbons (Fsp3) is 1.00. The van der Waals surface area contributed by atoms with Crippen molar-refractivity contribution in [3.05, 3.63) is 0 Å². The molecule has 1 atom stereocenters. The van der Waals surface area contributed by atoms with Gasteiger partial charge >= 0.3 is 0 Å². The molecular weight excluding hydrogens is 325 g/mol. The Morgan fingerprint density at radius 3 is 2.59 bits per heavy atom. The van der Waals surface area contributed by atoms with E-state index in [2.05, 4.69) is 22.2 Å². The number of likely N-dealkylation sites (N-methyl/N-ethyl adjacent to an activating group) is 1. The minimum Gasteiger partial charge on any atom is -0.376 e. The van der Waals surface area contributed by atoms with E-state index in [1.807, 2.05) is 0 Å². The average Bonchev–Trinajstić information content (AvgIpc) is 2.51. The summed E-state index contributed by atoms with van der Waals surface area (Å²) in [5, 5.41) is 3.49. The molecule has 3 aliphatic rings. The van der Waals surface area contributed by atoms with Crippen molar-refractivity contribution in [1.29, 1.82) is 0 Å². The lowest BCUT2D eigenvalue weighted by Crippen LogP contribution is -2.64. The van der Waals surface area contributed by atoms with E-state index in [1.54, 1.807) is 0 Å². The van der Waals surface area contributed by atoms with Crippen molar-refractivity contribution in [3.8, 4) is 0 Å². The number of hydrogen-bond acceptors (Lipinski definition) is 5. The largest absolute Gasteiger partial charge is 0.376 e. The Hall–Kier alpha value is 0.380. The van der Waals surface area contributed by atoms with Crippen LogP contribution in [0.4, 0.5) is 0 Å². The van der Waals surface area contributed by atoms with Crippen molar-refractivity contribution in [2.75, 3.05) is 66.1 Å². The molecule has 132 valence electrons. The van der Waals surface area contributed by atoms with Gasteiger partial charge in [0, 0.05) is 31.7 Å². The molecule has 0 saturated carbocycles. The molecule has 0 aliphatic carbocycles. The van der Waals surface area contributed by atoms with Crippen LogP contribution in [-0.2, 0) is 9.47 Å². The van der Waals surface area contributed by atoms with E-state index >= 15 is 0 Å². The van der Waals surface area contributed by atoms with E-state index in [0.717, 1.165) is 45.9 Å². The molecule has 1 N–H and O–H groups in total. The van der Waals surface area contributed by atoms with Gasteiger partial charge in [0.1, 0.15) is 0 Å². The van der Waals surface area contributed by atoms with Gasteiger partial charge in [0.05, 0.1) is 25.9 Å². The second kappa shape index (κ2) is 9.62. The van der Waals surface area contributed by atoms with E-state index < -0.39 is 0 Å². The summed E-state index contributed by atoms with van der Waals surface area (Å²) in [6.45, 7) is 9.40. The van der Waals surface area contributed by atoms with Crippen LogP contribution in [0.3, 0.4) is 0 Å². The van der Waals surface area contributed by atoms with Crippen molar-refractivity contribution in [1.82, 2.24) is 15.1 Å². The lowest BCUT2D eigenvalue weighted by Gasteiger charge is -2.51. The molecule has 3 fully saturated rings. The Morgan fingerprint density at radius 1 is 1.14 bits per heavy atom. The van der Waals surface area contributed by atoms with Gasteiger partial charge in [-0.15, -0.1) is 24.8 Å². The van der Waals surface area contributed by atoms with Crippen molar-refractivity contribution >= 4 is 24.8 Å². The number of piperazine rings is 1. The predicted molar refractivity (Wildman–Crippen MR) is 93.6 cm³/mol.